The predicted octanol–water partition coefficient (Wildman–Crippen LogP) is 1.24. The molecule has 116 valence electrons. The number of hydrogen-bond acceptors (Lipinski definition) is 4. The maximum atomic E-state index is 11.7. The van der Waals surface area contributed by atoms with E-state index in [0.29, 0.717) is 26.0 Å². The molecule has 6 nitrogen and oxygen atoms in total. The maximum absolute atomic E-state index is 11.7. The number of rotatable bonds is 10. The summed E-state index contributed by atoms with van der Waals surface area (Å²) in [5.41, 5.74) is 0.997. The van der Waals surface area contributed by atoms with Crippen LogP contribution in [-0.4, -0.2) is 43.3 Å². The van der Waals surface area contributed by atoms with Gasteiger partial charge in [-0.3, -0.25) is 4.79 Å². The molecular weight excluding hydrogens is 274 g/mol. The molecule has 0 heterocycles. The second-order valence-electron chi connectivity index (χ2n) is 4.34. The van der Waals surface area contributed by atoms with Crippen LogP contribution in [0.3, 0.4) is 0 Å². The highest BCUT2D eigenvalue weighted by Gasteiger charge is 2.06. The Labute approximate surface area is 124 Å². The van der Waals surface area contributed by atoms with E-state index >= 15 is 0 Å². The van der Waals surface area contributed by atoms with E-state index in [2.05, 4.69) is 5.32 Å². The highest BCUT2D eigenvalue weighted by Crippen LogP contribution is 2.19. The van der Waals surface area contributed by atoms with Gasteiger partial charge in [0.15, 0.2) is 0 Å². The minimum Gasteiger partial charge on any atom is -0.494 e. The van der Waals surface area contributed by atoms with Crippen molar-refractivity contribution in [3.63, 3.8) is 0 Å². The molecule has 0 fully saturated rings. The molecule has 1 amide bonds. The van der Waals surface area contributed by atoms with Crippen LogP contribution >= 0.6 is 0 Å². The zero-order valence-electron chi connectivity index (χ0n) is 12.1. The minimum absolute atomic E-state index is 0.0970. The monoisotopic (exact) mass is 295 g/mol. The first-order valence-corrected chi connectivity index (χ1v) is 6.90. The molecule has 0 aliphatic heterocycles. The Balaban J connectivity index is 2.25. The molecule has 0 unspecified atom stereocenters. The van der Waals surface area contributed by atoms with E-state index in [9.17, 15) is 9.59 Å². The summed E-state index contributed by atoms with van der Waals surface area (Å²) in [4.78, 5) is 21.9. The average molecular weight is 295 g/mol. The highest BCUT2D eigenvalue weighted by molar-refractivity contribution is 5.76. The summed E-state index contributed by atoms with van der Waals surface area (Å²) in [6.07, 6.45) is 0.945. The van der Waals surface area contributed by atoms with Gasteiger partial charge in [-0.15, -0.1) is 0 Å². The zero-order valence-corrected chi connectivity index (χ0v) is 12.1. The van der Waals surface area contributed by atoms with Crippen LogP contribution in [0.25, 0.3) is 0 Å². The maximum Gasteiger partial charge on any atom is 0.329 e. The van der Waals surface area contributed by atoms with Crippen molar-refractivity contribution in [3.05, 3.63) is 29.8 Å². The van der Waals surface area contributed by atoms with Crippen LogP contribution in [-0.2, 0) is 20.7 Å². The van der Waals surface area contributed by atoms with E-state index in [0.717, 1.165) is 11.3 Å². The van der Waals surface area contributed by atoms with E-state index < -0.39 is 5.97 Å². The van der Waals surface area contributed by atoms with Crippen molar-refractivity contribution >= 4 is 11.9 Å². The molecule has 0 atom stereocenters. The van der Waals surface area contributed by atoms with Gasteiger partial charge in [0.1, 0.15) is 12.4 Å². The van der Waals surface area contributed by atoms with Crippen molar-refractivity contribution in [2.24, 2.45) is 0 Å². The van der Waals surface area contributed by atoms with Crippen molar-refractivity contribution in [2.45, 2.75) is 19.8 Å². The van der Waals surface area contributed by atoms with Gasteiger partial charge in [0.05, 0.1) is 13.2 Å². The van der Waals surface area contributed by atoms with Crippen LogP contribution in [0.15, 0.2) is 24.3 Å². The molecule has 0 aliphatic carbocycles. The summed E-state index contributed by atoms with van der Waals surface area (Å²) in [6, 6.07) is 7.63. The van der Waals surface area contributed by atoms with Gasteiger partial charge < -0.3 is 19.9 Å². The quantitative estimate of drug-likeness (QED) is 0.634. The number of hydrogen-bond donors (Lipinski definition) is 2. The molecule has 0 spiro atoms. The number of nitrogens with one attached hydrogen (secondary N) is 1. The van der Waals surface area contributed by atoms with Gasteiger partial charge in [-0.05, 0) is 25.0 Å². The fraction of sp³-hybridized carbons (Fsp3) is 0.467. The lowest BCUT2D eigenvalue weighted by Crippen LogP contribution is -2.28. The Morgan fingerprint density at radius 3 is 2.76 bits per heavy atom. The third-order valence-electron chi connectivity index (χ3n) is 2.69. The van der Waals surface area contributed by atoms with Gasteiger partial charge in [-0.25, -0.2) is 4.79 Å². The van der Waals surface area contributed by atoms with E-state index in [1.807, 2.05) is 31.2 Å². The average Bonchev–Trinajstić information content (AvgIpc) is 2.46. The molecule has 0 saturated carbocycles. The van der Waals surface area contributed by atoms with Gasteiger partial charge >= 0.3 is 5.97 Å². The Morgan fingerprint density at radius 1 is 1.29 bits per heavy atom. The van der Waals surface area contributed by atoms with Crippen LogP contribution < -0.4 is 10.1 Å². The second kappa shape index (κ2) is 9.77. The topological polar surface area (TPSA) is 84.9 Å². The lowest BCUT2D eigenvalue weighted by molar-refractivity contribution is -0.142. The first-order valence-electron chi connectivity index (χ1n) is 6.90. The number of carboxylic acids is 1. The molecule has 0 bridgehead atoms. The normalized spacial score (nSPS) is 10.1. The molecule has 0 radical (unpaired) electrons. The molecule has 1 aromatic rings. The van der Waals surface area contributed by atoms with E-state index in [4.69, 9.17) is 14.6 Å². The standard InChI is InChI=1S/C15H21NO5/c1-2-21-13-6-4-3-5-12(13)7-8-14(17)16-9-10-20-11-15(18)19/h3-6H,2,7-11H2,1H3,(H,16,17)(H,18,19). The van der Waals surface area contributed by atoms with Crippen LogP contribution in [0.1, 0.15) is 18.9 Å². The smallest absolute Gasteiger partial charge is 0.329 e. The third-order valence-corrected chi connectivity index (χ3v) is 2.69. The summed E-state index contributed by atoms with van der Waals surface area (Å²) in [7, 11) is 0. The molecule has 6 heteroatoms. The van der Waals surface area contributed by atoms with Gasteiger partial charge in [-0.2, -0.15) is 0 Å². The molecule has 1 rings (SSSR count). The number of benzene rings is 1. The molecule has 0 aliphatic rings. The molecular formula is C15H21NO5. The number of aliphatic carboxylic acids is 1. The lowest BCUT2D eigenvalue weighted by atomic mass is 10.1. The number of carbonyl (C=O) groups is 2. The fourth-order valence-electron chi connectivity index (χ4n) is 1.77. The molecule has 1 aromatic carbocycles. The summed E-state index contributed by atoms with van der Waals surface area (Å²) in [5, 5.41) is 11.1. The van der Waals surface area contributed by atoms with Crippen molar-refractivity contribution in [2.75, 3.05) is 26.4 Å². The molecule has 2 N–H and O–H groups in total. The number of carboxylic acid groups (broad SMARTS) is 1. The lowest BCUT2D eigenvalue weighted by Gasteiger charge is -2.10. The summed E-state index contributed by atoms with van der Waals surface area (Å²) in [6.45, 7) is 2.65. The number of ether oxygens (including phenoxy) is 2. The Hall–Kier alpha value is -2.08. The Bertz CT molecular complexity index is 461. The summed E-state index contributed by atoms with van der Waals surface area (Å²) < 4.78 is 10.3. The minimum atomic E-state index is -1.02. The number of aryl methyl sites for hydroxylation is 1. The molecule has 0 saturated heterocycles. The van der Waals surface area contributed by atoms with Gasteiger partial charge in [0.2, 0.25) is 5.91 Å². The SMILES string of the molecule is CCOc1ccccc1CCC(=O)NCCOCC(=O)O. The first-order chi connectivity index (χ1) is 10.1. The van der Waals surface area contributed by atoms with Gasteiger partial charge in [-0.1, -0.05) is 18.2 Å². The number of para-hydroxylation sites is 1. The third kappa shape index (κ3) is 7.31. The number of amides is 1. The van der Waals surface area contributed by atoms with Crippen LogP contribution in [0.4, 0.5) is 0 Å². The fourth-order valence-corrected chi connectivity index (χ4v) is 1.77. The van der Waals surface area contributed by atoms with Crippen molar-refractivity contribution in [1.29, 1.82) is 0 Å². The van der Waals surface area contributed by atoms with Crippen LogP contribution in [0, 0.1) is 0 Å². The van der Waals surface area contributed by atoms with Crippen molar-refractivity contribution in [1.82, 2.24) is 5.32 Å². The zero-order chi connectivity index (χ0) is 15.5. The largest absolute Gasteiger partial charge is 0.494 e. The Morgan fingerprint density at radius 2 is 2.05 bits per heavy atom. The van der Waals surface area contributed by atoms with Crippen molar-refractivity contribution < 1.29 is 24.2 Å². The second-order valence-corrected chi connectivity index (χ2v) is 4.34. The summed E-state index contributed by atoms with van der Waals surface area (Å²) in [5.74, 6) is -0.313. The van der Waals surface area contributed by atoms with Gasteiger partial charge in [0.25, 0.3) is 0 Å². The molecule has 0 aromatic heterocycles. The van der Waals surface area contributed by atoms with Gasteiger partial charge in [0, 0.05) is 13.0 Å². The molecule has 21 heavy (non-hydrogen) atoms. The highest BCUT2D eigenvalue weighted by atomic mass is 16.5. The van der Waals surface area contributed by atoms with Crippen molar-refractivity contribution in [3.8, 4) is 5.75 Å². The van der Waals surface area contributed by atoms with E-state index in [-0.39, 0.29) is 19.1 Å². The Kier molecular flexibility index (Phi) is 7.89. The van der Waals surface area contributed by atoms with E-state index in [1.165, 1.54) is 0 Å². The van der Waals surface area contributed by atoms with E-state index in [1.54, 1.807) is 0 Å². The number of carbonyl (C=O) groups excluding carboxylic acids is 1. The summed E-state index contributed by atoms with van der Waals surface area (Å²) >= 11 is 0. The predicted molar refractivity (Wildman–Crippen MR) is 77.4 cm³/mol. The van der Waals surface area contributed by atoms with Crippen LogP contribution in [0.5, 0.6) is 5.75 Å². The van der Waals surface area contributed by atoms with Crippen LogP contribution in [0.2, 0.25) is 0 Å². The first kappa shape index (κ1) is 17.0.